The van der Waals surface area contributed by atoms with Crippen LogP contribution in [-0.2, 0) is 10.0 Å². The third kappa shape index (κ3) is 2.25. The van der Waals surface area contributed by atoms with Gasteiger partial charge < -0.3 is 5.11 Å². The molecule has 2 rings (SSSR count). The number of benzene rings is 1. The van der Waals surface area contributed by atoms with E-state index in [1.807, 2.05) is 0 Å². The van der Waals surface area contributed by atoms with E-state index < -0.39 is 21.4 Å². The molecule has 1 aromatic carbocycles. The largest absolute Gasteiger partial charge is 0.387 e. The Bertz CT molecular complexity index is 570. The zero-order valence-corrected chi connectivity index (χ0v) is 11.3. The first-order valence-electron chi connectivity index (χ1n) is 5.46. The maximum Gasteiger partial charge on any atom is 0.244 e. The maximum absolute atomic E-state index is 12.9. The summed E-state index contributed by atoms with van der Waals surface area (Å²) < 4.78 is 38.3. The van der Waals surface area contributed by atoms with Gasteiger partial charge in [-0.2, -0.15) is 4.31 Å². The highest BCUT2D eigenvalue weighted by molar-refractivity contribution is 7.89. The highest BCUT2D eigenvalue weighted by atomic mass is 35.5. The molecule has 0 unspecified atom stereocenters. The molecule has 4 nitrogen and oxygen atoms in total. The van der Waals surface area contributed by atoms with Crippen LogP contribution in [0.5, 0.6) is 0 Å². The van der Waals surface area contributed by atoms with Crippen molar-refractivity contribution >= 4 is 21.6 Å². The lowest BCUT2D eigenvalue weighted by Gasteiger charge is -2.44. The van der Waals surface area contributed by atoms with Crippen molar-refractivity contribution in [1.82, 2.24) is 4.31 Å². The van der Waals surface area contributed by atoms with Gasteiger partial charge in [0, 0.05) is 13.1 Å². The number of nitrogens with zero attached hydrogens (tertiary/aromatic N) is 1. The molecule has 1 aliphatic heterocycles. The molecule has 7 heteroatoms. The van der Waals surface area contributed by atoms with Crippen molar-refractivity contribution < 1.29 is 17.9 Å². The first kappa shape index (κ1) is 13.7. The topological polar surface area (TPSA) is 57.6 Å². The standard InChI is InChI=1S/C11H13ClFNO3S/c1-2-11(15)6-14(7-11)18(16,17)10-4-3-8(13)5-9(10)12/h3-5,15H,2,6-7H2,1H3. The van der Waals surface area contributed by atoms with Gasteiger partial charge in [0.25, 0.3) is 0 Å². The quantitative estimate of drug-likeness (QED) is 0.921. The van der Waals surface area contributed by atoms with E-state index >= 15 is 0 Å². The van der Waals surface area contributed by atoms with Gasteiger partial charge in [0.2, 0.25) is 10.0 Å². The van der Waals surface area contributed by atoms with Crippen molar-refractivity contribution in [3.63, 3.8) is 0 Å². The van der Waals surface area contributed by atoms with Crippen LogP contribution < -0.4 is 0 Å². The Morgan fingerprint density at radius 3 is 2.61 bits per heavy atom. The number of hydrogen-bond acceptors (Lipinski definition) is 3. The minimum Gasteiger partial charge on any atom is -0.387 e. The van der Waals surface area contributed by atoms with E-state index in [1.165, 1.54) is 0 Å². The highest BCUT2D eigenvalue weighted by Crippen LogP contribution is 2.33. The first-order valence-corrected chi connectivity index (χ1v) is 7.28. The van der Waals surface area contributed by atoms with Crippen LogP contribution in [0.4, 0.5) is 4.39 Å². The maximum atomic E-state index is 12.9. The van der Waals surface area contributed by atoms with E-state index in [1.54, 1.807) is 6.92 Å². The average molecular weight is 294 g/mol. The molecule has 0 amide bonds. The minimum atomic E-state index is -3.76. The zero-order valence-electron chi connectivity index (χ0n) is 9.73. The molecule has 1 saturated heterocycles. The lowest BCUT2D eigenvalue weighted by Crippen LogP contribution is -2.62. The molecular weight excluding hydrogens is 281 g/mol. The summed E-state index contributed by atoms with van der Waals surface area (Å²) in [6.07, 6.45) is 0.482. The second kappa shape index (κ2) is 4.45. The summed E-state index contributed by atoms with van der Waals surface area (Å²) >= 11 is 5.74. The van der Waals surface area contributed by atoms with Gasteiger partial charge in [-0.15, -0.1) is 0 Å². The monoisotopic (exact) mass is 293 g/mol. The third-order valence-corrected chi connectivity index (χ3v) is 5.39. The van der Waals surface area contributed by atoms with Gasteiger partial charge in [0.1, 0.15) is 10.7 Å². The van der Waals surface area contributed by atoms with Crippen LogP contribution in [0, 0.1) is 5.82 Å². The van der Waals surface area contributed by atoms with Gasteiger partial charge >= 0.3 is 0 Å². The van der Waals surface area contributed by atoms with Gasteiger partial charge in [-0.3, -0.25) is 0 Å². The van der Waals surface area contributed by atoms with E-state index in [2.05, 4.69) is 0 Å². The van der Waals surface area contributed by atoms with Gasteiger partial charge in [0.05, 0.1) is 10.6 Å². The highest BCUT2D eigenvalue weighted by Gasteiger charge is 2.46. The lowest BCUT2D eigenvalue weighted by molar-refractivity contribution is -0.0613. The smallest absolute Gasteiger partial charge is 0.244 e. The average Bonchev–Trinajstić information content (AvgIpc) is 2.24. The summed E-state index contributed by atoms with van der Waals surface area (Å²) in [7, 11) is -3.76. The molecule has 1 fully saturated rings. The number of sulfonamides is 1. The molecule has 0 spiro atoms. The normalized spacial score (nSPS) is 19.6. The van der Waals surface area contributed by atoms with Crippen LogP contribution >= 0.6 is 11.6 Å². The fourth-order valence-electron chi connectivity index (χ4n) is 1.83. The lowest BCUT2D eigenvalue weighted by atomic mass is 9.94. The molecule has 1 heterocycles. The Morgan fingerprint density at radius 2 is 2.11 bits per heavy atom. The molecule has 1 aliphatic rings. The van der Waals surface area contributed by atoms with Crippen molar-refractivity contribution in [1.29, 1.82) is 0 Å². The summed E-state index contributed by atoms with van der Waals surface area (Å²) in [4.78, 5) is -0.135. The number of rotatable bonds is 3. The number of halogens is 2. The van der Waals surface area contributed by atoms with Crippen LogP contribution in [0.25, 0.3) is 0 Å². The number of aliphatic hydroxyl groups is 1. The van der Waals surface area contributed by atoms with Crippen molar-refractivity contribution in [2.45, 2.75) is 23.8 Å². The molecule has 0 bridgehead atoms. The van der Waals surface area contributed by atoms with Crippen LogP contribution in [-0.4, -0.2) is 36.5 Å². The molecule has 0 radical (unpaired) electrons. The summed E-state index contributed by atoms with van der Waals surface area (Å²) in [6.45, 7) is 1.87. The fraction of sp³-hybridized carbons (Fsp3) is 0.455. The van der Waals surface area contributed by atoms with E-state index in [0.717, 1.165) is 22.5 Å². The zero-order chi connectivity index (χ0) is 13.6. The predicted molar refractivity (Wildman–Crippen MR) is 65.4 cm³/mol. The van der Waals surface area contributed by atoms with Gasteiger partial charge in [-0.05, 0) is 24.6 Å². The SMILES string of the molecule is CCC1(O)CN(S(=O)(=O)c2ccc(F)cc2Cl)C1. The van der Waals surface area contributed by atoms with Crippen molar-refractivity contribution in [2.24, 2.45) is 0 Å². The third-order valence-electron chi connectivity index (χ3n) is 3.11. The molecule has 1 aromatic rings. The van der Waals surface area contributed by atoms with E-state index in [-0.39, 0.29) is 23.0 Å². The molecule has 18 heavy (non-hydrogen) atoms. The number of hydrogen-bond donors (Lipinski definition) is 1. The Morgan fingerprint density at radius 1 is 1.50 bits per heavy atom. The Labute approximate surface area is 110 Å². The summed E-state index contributed by atoms with van der Waals surface area (Å²) in [6, 6.07) is 3.14. The van der Waals surface area contributed by atoms with E-state index in [4.69, 9.17) is 11.6 Å². The molecule has 0 atom stereocenters. The molecule has 0 saturated carbocycles. The molecule has 0 aromatic heterocycles. The van der Waals surface area contributed by atoms with Crippen molar-refractivity contribution in [2.75, 3.05) is 13.1 Å². The summed E-state index contributed by atoms with van der Waals surface area (Å²) in [5.41, 5.74) is -0.959. The Hall–Kier alpha value is -0.690. The Balaban J connectivity index is 2.28. The molecule has 100 valence electrons. The van der Waals surface area contributed by atoms with Crippen LogP contribution in [0.2, 0.25) is 5.02 Å². The van der Waals surface area contributed by atoms with Gasteiger partial charge in [0.15, 0.2) is 0 Å². The molecule has 1 N–H and O–H groups in total. The first-order chi connectivity index (χ1) is 8.28. The second-order valence-electron chi connectivity index (χ2n) is 4.43. The second-order valence-corrected chi connectivity index (χ2v) is 6.74. The van der Waals surface area contributed by atoms with Crippen LogP contribution in [0.1, 0.15) is 13.3 Å². The van der Waals surface area contributed by atoms with E-state index in [0.29, 0.717) is 6.42 Å². The van der Waals surface area contributed by atoms with Crippen LogP contribution in [0.3, 0.4) is 0 Å². The van der Waals surface area contributed by atoms with E-state index in [9.17, 15) is 17.9 Å². The minimum absolute atomic E-state index is 0.0412. The fourth-order valence-corrected chi connectivity index (χ4v) is 3.93. The van der Waals surface area contributed by atoms with Crippen molar-refractivity contribution in [3.8, 4) is 0 Å². The predicted octanol–water partition coefficient (Wildman–Crippen LogP) is 1.62. The molecule has 0 aliphatic carbocycles. The summed E-state index contributed by atoms with van der Waals surface area (Å²) in [5.74, 6) is -0.590. The number of β-amino-alcohol motifs (C(OH)–C–C–N with tert-alkyl or cyclic N) is 1. The van der Waals surface area contributed by atoms with Gasteiger partial charge in [-0.25, -0.2) is 12.8 Å². The van der Waals surface area contributed by atoms with Crippen molar-refractivity contribution in [3.05, 3.63) is 29.0 Å². The Kier molecular flexibility index (Phi) is 3.40. The summed E-state index contributed by atoms with van der Waals surface area (Å²) in [5, 5.41) is 9.66. The van der Waals surface area contributed by atoms with Gasteiger partial charge in [-0.1, -0.05) is 18.5 Å². The molecular formula is C11H13ClFNO3S. The van der Waals surface area contributed by atoms with Crippen LogP contribution in [0.15, 0.2) is 23.1 Å².